The molecule has 0 amide bonds. The number of benzene rings is 1. The van der Waals surface area contributed by atoms with Crippen molar-refractivity contribution in [3.05, 3.63) is 35.5 Å². The molecule has 0 aliphatic rings. The summed E-state index contributed by atoms with van der Waals surface area (Å²) in [5, 5.41) is 10.1. The summed E-state index contributed by atoms with van der Waals surface area (Å²) in [5.74, 6) is 1.54. The lowest BCUT2D eigenvalue weighted by Gasteiger charge is -2.03. The Morgan fingerprint density at radius 3 is 2.81 bits per heavy atom. The van der Waals surface area contributed by atoms with E-state index in [1.54, 1.807) is 11.5 Å². The van der Waals surface area contributed by atoms with Gasteiger partial charge in [-0.25, -0.2) is 4.79 Å². The van der Waals surface area contributed by atoms with Gasteiger partial charge < -0.3 is 9.67 Å². The molecule has 1 N–H and O–H groups in total. The molecule has 80 valence electrons. The van der Waals surface area contributed by atoms with E-state index >= 15 is 0 Å². The number of aromatic carboxylic acids is 1. The smallest absolute Gasteiger partial charge is 0.352 e. The molecule has 3 nitrogen and oxygen atoms in total. The first-order valence-electron chi connectivity index (χ1n) is 4.91. The SMILES string of the molecule is C#CCn1c(C(=O)O)c(C)c2ccccc21. The van der Waals surface area contributed by atoms with Crippen molar-refractivity contribution in [3.8, 4) is 12.3 Å². The number of hydrogen-bond acceptors (Lipinski definition) is 1. The highest BCUT2D eigenvalue weighted by atomic mass is 16.4. The third-order valence-corrected chi connectivity index (χ3v) is 2.68. The minimum Gasteiger partial charge on any atom is -0.477 e. The number of fused-ring (bicyclic) bond motifs is 1. The van der Waals surface area contributed by atoms with E-state index in [0.717, 1.165) is 16.5 Å². The predicted molar refractivity (Wildman–Crippen MR) is 62.5 cm³/mol. The van der Waals surface area contributed by atoms with Crippen LogP contribution in [0.5, 0.6) is 0 Å². The van der Waals surface area contributed by atoms with Crippen LogP contribution in [-0.2, 0) is 6.54 Å². The normalized spacial score (nSPS) is 10.2. The molecule has 0 radical (unpaired) electrons. The molecule has 0 fully saturated rings. The molecule has 0 bridgehead atoms. The number of para-hydroxylation sites is 1. The van der Waals surface area contributed by atoms with Crippen LogP contribution in [0.15, 0.2) is 24.3 Å². The molecule has 2 rings (SSSR count). The molecule has 1 aromatic carbocycles. The van der Waals surface area contributed by atoms with Crippen LogP contribution in [0.3, 0.4) is 0 Å². The van der Waals surface area contributed by atoms with Crippen LogP contribution in [0.1, 0.15) is 16.1 Å². The zero-order valence-electron chi connectivity index (χ0n) is 8.90. The van der Waals surface area contributed by atoms with Crippen LogP contribution in [0.25, 0.3) is 10.9 Å². The zero-order chi connectivity index (χ0) is 11.7. The summed E-state index contributed by atoms with van der Waals surface area (Å²) in [6.07, 6.45) is 5.27. The standard InChI is InChI=1S/C13H11NO2/c1-3-8-14-11-7-5-4-6-10(11)9(2)12(14)13(15)16/h1,4-7H,8H2,2H3,(H,15,16). The van der Waals surface area contributed by atoms with Gasteiger partial charge in [-0.15, -0.1) is 6.42 Å². The molecule has 0 aliphatic heterocycles. The Kier molecular flexibility index (Phi) is 2.41. The van der Waals surface area contributed by atoms with Gasteiger partial charge in [0, 0.05) is 10.9 Å². The summed E-state index contributed by atoms with van der Waals surface area (Å²) >= 11 is 0. The van der Waals surface area contributed by atoms with Crippen molar-refractivity contribution in [1.82, 2.24) is 4.57 Å². The van der Waals surface area contributed by atoms with E-state index in [1.807, 2.05) is 24.3 Å². The highest BCUT2D eigenvalue weighted by Crippen LogP contribution is 2.25. The molecule has 0 atom stereocenters. The van der Waals surface area contributed by atoms with Crippen LogP contribution in [0.2, 0.25) is 0 Å². The number of nitrogens with zero attached hydrogens (tertiary/aromatic N) is 1. The lowest BCUT2D eigenvalue weighted by Crippen LogP contribution is -2.08. The maximum absolute atomic E-state index is 11.2. The Hall–Kier alpha value is -2.21. The maximum Gasteiger partial charge on any atom is 0.352 e. The fraction of sp³-hybridized carbons (Fsp3) is 0.154. The molecule has 0 saturated heterocycles. The summed E-state index contributed by atoms with van der Waals surface area (Å²) in [6, 6.07) is 7.55. The molecule has 0 spiro atoms. The molecule has 0 saturated carbocycles. The summed E-state index contributed by atoms with van der Waals surface area (Å²) in [4.78, 5) is 11.2. The molecular weight excluding hydrogens is 202 g/mol. The largest absolute Gasteiger partial charge is 0.477 e. The average molecular weight is 213 g/mol. The summed E-state index contributed by atoms with van der Waals surface area (Å²) in [7, 11) is 0. The van der Waals surface area contributed by atoms with Gasteiger partial charge in [-0.3, -0.25) is 0 Å². The molecular formula is C13H11NO2. The van der Waals surface area contributed by atoms with Crippen molar-refractivity contribution < 1.29 is 9.90 Å². The van der Waals surface area contributed by atoms with Gasteiger partial charge in [0.05, 0.1) is 6.54 Å². The fourth-order valence-electron chi connectivity index (χ4n) is 2.01. The molecule has 0 aliphatic carbocycles. The van der Waals surface area contributed by atoms with E-state index in [1.165, 1.54) is 0 Å². The van der Waals surface area contributed by atoms with Gasteiger partial charge in [0.2, 0.25) is 0 Å². The first kappa shape index (κ1) is 10.3. The van der Waals surface area contributed by atoms with Crippen LogP contribution in [0, 0.1) is 19.3 Å². The minimum absolute atomic E-state index is 0.274. The summed E-state index contributed by atoms with van der Waals surface area (Å²) in [5.41, 5.74) is 1.91. The Balaban J connectivity index is 2.87. The molecule has 1 heterocycles. The highest BCUT2D eigenvalue weighted by Gasteiger charge is 2.18. The van der Waals surface area contributed by atoms with Gasteiger partial charge in [-0.1, -0.05) is 24.1 Å². The van der Waals surface area contributed by atoms with E-state index in [2.05, 4.69) is 5.92 Å². The second kappa shape index (κ2) is 3.74. The van der Waals surface area contributed by atoms with Crippen molar-refractivity contribution in [2.24, 2.45) is 0 Å². The molecule has 2 aromatic rings. The number of carboxylic acid groups (broad SMARTS) is 1. The second-order valence-corrected chi connectivity index (χ2v) is 3.59. The Bertz CT molecular complexity index is 602. The van der Waals surface area contributed by atoms with E-state index in [0.29, 0.717) is 0 Å². The maximum atomic E-state index is 11.2. The summed E-state index contributed by atoms with van der Waals surface area (Å²) in [6.45, 7) is 2.08. The quantitative estimate of drug-likeness (QED) is 0.777. The second-order valence-electron chi connectivity index (χ2n) is 3.59. The number of aromatic nitrogens is 1. The topological polar surface area (TPSA) is 42.2 Å². The first-order chi connectivity index (χ1) is 7.66. The molecule has 1 aromatic heterocycles. The van der Waals surface area contributed by atoms with E-state index in [-0.39, 0.29) is 12.2 Å². The number of rotatable bonds is 2. The molecule has 3 heteroatoms. The lowest BCUT2D eigenvalue weighted by atomic mass is 10.1. The van der Waals surface area contributed by atoms with Gasteiger partial charge >= 0.3 is 5.97 Å². The Morgan fingerprint density at radius 2 is 2.19 bits per heavy atom. The molecule has 0 unspecified atom stereocenters. The average Bonchev–Trinajstić information content (AvgIpc) is 2.54. The van der Waals surface area contributed by atoms with Crippen LogP contribution in [-0.4, -0.2) is 15.6 Å². The summed E-state index contributed by atoms with van der Waals surface area (Å²) < 4.78 is 1.66. The number of carbonyl (C=O) groups is 1. The first-order valence-corrected chi connectivity index (χ1v) is 4.91. The van der Waals surface area contributed by atoms with E-state index < -0.39 is 5.97 Å². The van der Waals surface area contributed by atoms with Crippen LogP contribution >= 0.6 is 0 Å². The monoisotopic (exact) mass is 213 g/mol. The number of aryl methyl sites for hydroxylation is 1. The van der Waals surface area contributed by atoms with E-state index in [4.69, 9.17) is 6.42 Å². The molecule has 16 heavy (non-hydrogen) atoms. The highest BCUT2D eigenvalue weighted by molar-refractivity contribution is 5.98. The third-order valence-electron chi connectivity index (χ3n) is 2.68. The van der Waals surface area contributed by atoms with Gasteiger partial charge in [0.1, 0.15) is 5.69 Å². The minimum atomic E-state index is -0.941. The van der Waals surface area contributed by atoms with Crippen molar-refractivity contribution in [2.45, 2.75) is 13.5 Å². The number of terminal acetylenes is 1. The zero-order valence-corrected chi connectivity index (χ0v) is 8.90. The number of hydrogen-bond donors (Lipinski definition) is 1. The van der Waals surface area contributed by atoms with Gasteiger partial charge in [0.25, 0.3) is 0 Å². The van der Waals surface area contributed by atoms with Crippen molar-refractivity contribution >= 4 is 16.9 Å². The van der Waals surface area contributed by atoms with Gasteiger partial charge in [-0.2, -0.15) is 0 Å². The van der Waals surface area contributed by atoms with Gasteiger partial charge in [-0.05, 0) is 18.6 Å². The van der Waals surface area contributed by atoms with Crippen LogP contribution < -0.4 is 0 Å². The van der Waals surface area contributed by atoms with Crippen molar-refractivity contribution in [1.29, 1.82) is 0 Å². The lowest BCUT2D eigenvalue weighted by molar-refractivity contribution is 0.0685. The van der Waals surface area contributed by atoms with Gasteiger partial charge in [0.15, 0.2) is 0 Å². The number of carboxylic acids is 1. The fourth-order valence-corrected chi connectivity index (χ4v) is 2.01. The predicted octanol–water partition coefficient (Wildman–Crippen LogP) is 2.28. The Labute approximate surface area is 93.3 Å². The van der Waals surface area contributed by atoms with E-state index in [9.17, 15) is 9.90 Å². The van der Waals surface area contributed by atoms with Crippen LogP contribution in [0.4, 0.5) is 0 Å². The third kappa shape index (κ3) is 1.36. The Morgan fingerprint density at radius 1 is 1.50 bits per heavy atom. The van der Waals surface area contributed by atoms with Crippen molar-refractivity contribution in [3.63, 3.8) is 0 Å². The van der Waals surface area contributed by atoms with Crippen molar-refractivity contribution in [2.75, 3.05) is 0 Å².